The SMILES string of the molecule is CC(C)N1CCC(CC(=O)N[C@H](C)[C@@H](O)c2ccc(O)cc2)CC1. The van der Waals surface area contributed by atoms with E-state index < -0.39 is 6.10 Å². The van der Waals surface area contributed by atoms with Crippen molar-refractivity contribution in [2.75, 3.05) is 13.1 Å². The van der Waals surface area contributed by atoms with Crippen molar-refractivity contribution in [3.63, 3.8) is 0 Å². The van der Waals surface area contributed by atoms with Crippen molar-refractivity contribution in [3.8, 4) is 5.75 Å². The van der Waals surface area contributed by atoms with E-state index in [1.165, 1.54) is 12.1 Å². The molecule has 2 rings (SSSR count). The second kappa shape index (κ2) is 8.49. The summed E-state index contributed by atoms with van der Waals surface area (Å²) in [5, 5.41) is 22.5. The second-order valence-electron chi connectivity index (χ2n) is 7.17. The number of hydrogen-bond donors (Lipinski definition) is 3. The van der Waals surface area contributed by atoms with E-state index in [4.69, 9.17) is 0 Å². The number of likely N-dealkylation sites (tertiary alicyclic amines) is 1. The number of piperidine rings is 1. The first-order chi connectivity index (χ1) is 11.4. The van der Waals surface area contributed by atoms with Gasteiger partial charge < -0.3 is 20.4 Å². The van der Waals surface area contributed by atoms with Gasteiger partial charge in [0.25, 0.3) is 0 Å². The van der Waals surface area contributed by atoms with Crippen LogP contribution in [0.25, 0.3) is 0 Å². The molecule has 3 N–H and O–H groups in total. The molecule has 1 heterocycles. The summed E-state index contributed by atoms with van der Waals surface area (Å²) in [5.74, 6) is 0.594. The fourth-order valence-electron chi connectivity index (χ4n) is 3.29. The number of aliphatic hydroxyl groups is 1. The van der Waals surface area contributed by atoms with Crippen LogP contribution in [0.2, 0.25) is 0 Å². The highest BCUT2D eigenvalue weighted by Crippen LogP contribution is 2.23. The van der Waals surface area contributed by atoms with Crippen molar-refractivity contribution in [2.45, 2.75) is 58.2 Å². The Morgan fingerprint density at radius 1 is 1.21 bits per heavy atom. The van der Waals surface area contributed by atoms with Crippen molar-refractivity contribution < 1.29 is 15.0 Å². The lowest BCUT2D eigenvalue weighted by Crippen LogP contribution is -2.41. The molecule has 1 aliphatic rings. The molecule has 1 fully saturated rings. The highest BCUT2D eigenvalue weighted by Gasteiger charge is 2.24. The van der Waals surface area contributed by atoms with Crippen molar-refractivity contribution in [2.24, 2.45) is 5.92 Å². The number of aromatic hydroxyl groups is 1. The van der Waals surface area contributed by atoms with Gasteiger partial charge in [0.15, 0.2) is 0 Å². The first-order valence-electron chi connectivity index (χ1n) is 8.87. The lowest BCUT2D eigenvalue weighted by molar-refractivity contribution is -0.123. The molecule has 2 atom stereocenters. The maximum atomic E-state index is 12.3. The minimum Gasteiger partial charge on any atom is -0.508 e. The van der Waals surface area contributed by atoms with E-state index in [1.54, 1.807) is 19.1 Å². The molecule has 0 spiro atoms. The van der Waals surface area contributed by atoms with E-state index in [1.807, 2.05) is 0 Å². The van der Waals surface area contributed by atoms with E-state index >= 15 is 0 Å². The Labute approximate surface area is 144 Å². The molecular formula is C19H30N2O3. The Bertz CT molecular complexity index is 522. The zero-order valence-corrected chi connectivity index (χ0v) is 14.9. The maximum Gasteiger partial charge on any atom is 0.220 e. The molecule has 5 heteroatoms. The van der Waals surface area contributed by atoms with E-state index in [-0.39, 0.29) is 17.7 Å². The number of amides is 1. The van der Waals surface area contributed by atoms with Gasteiger partial charge in [0.2, 0.25) is 5.91 Å². The number of carbonyl (C=O) groups is 1. The first-order valence-corrected chi connectivity index (χ1v) is 8.87. The molecule has 5 nitrogen and oxygen atoms in total. The van der Waals surface area contributed by atoms with Gasteiger partial charge in [0, 0.05) is 12.5 Å². The van der Waals surface area contributed by atoms with Gasteiger partial charge in [-0.25, -0.2) is 0 Å². The normalized spacial score (nSPS) is 19.2. The Morgan fingerprint density at radius 2 is 1.79 bits per heavy atom. The van der Waals surface area contributed by atoms with Crippen LogP contribution in [0.4, 0.5) is 0 Å². The number of rotatable bonds is 6. The molecular weight excluding hydrogens is 304 g/mol. The number of aliphatic hydroxyl groups excluding tert-OH is 1. The summed E-state index contributed by atoms with van der Waals surface area (Å²) in [6, 6.07) is 6.62. The van der Waals surface area contributed by atoms with Crippen LogP contribution in [0.5, 0.6) is 5.75 Å². The average molecular weight is 334 g/mol. The standard InChI is InChI=1S/C19H30N2O3/c1-13(2)21-10-8-15(9-11-21)12-18(23)20-14(3)19(24)16-4-6-17(22)7-5-16/h4-7,13-15,19,22,24H,8-12H2,1-3H3,(H,20,23)/t14-,19-/m1/s1. The third-order valence-electron chi connectivity index (χ3n) is 4.95. The number of nitrogens with zero attached hydrogens (tertiary/aromatic N) is 1. The van der Waals surface area contributed by atoms with Crippen LogP contribution in [0.15, 0.2) is 24.3 Å². The molecule has 1 amide bonds. The van der Waals surface area contributed by atoms with Gasteiger partial charge >= 0.3 is 0 Å². The monoisotopic (exact) mass is 334 g/mol. The third-order valence-corrected chi connectivity index (χ3v) is 4.95. The average Bonchev–Trinajstić information content (AvgIpc) is 2.55. The van der Waals surface area contributed by atoms with Gasteiger partial charge in [-0.2, -0.15) is 0 Å². The Balaban J connectivity index is 1.78. The largest absolute Gasteiger partial charge is 0.508 e. The maximum absolute atomic E-state index is 12.3. The summed E-state index contributed by atoms with van der Waals surface area (Å²) < 4.78 is 0. The van der Waals surface area contributed by atoms with Crippen LogP contribution in [0.1, 0.15) is 51.7 Å². The van der Waals surface area contributed by atoms with Crippen molar-refractivity contribution >= 4 is 5.91 Å². The predicted molar refractivity (Wildman–Crippen MR) is 94.7 cm³/mol. The van der Waals surface area contributed by atoms with Crippen LogP contribution in [-0.4, -0.2) is 46.2 Å². The number of nitrogens with one attached hydrogen (secondary N) is 1. The summed E-state index contributed by atoms with van der Waals surface area (Å²) in [5.41, 5.74) is 0.686. The molecule has 1 aromatic rings. The smallest absolute Gasteiger partial charge is 0.220 e. The molecule has 0 saturated carbocycles. The fraction of sp³-hybridized carbons (Fsp3) is 0.632. The fourth-order valence-corrected chi connectivity index (χ4v) is 3.29. The van der Waals surface area contributed by atoms with Crippen LogP contribution in [-0.2, 0) is 4.79 Å². The van der Waals surface area contributed by atoms with Crippen LogP contribution in [0.3, 0.4) is 0 Å². The van der Waals surface area contributed by atoms with Gasteiger partial charge in [-0.3, -0.25) is 4.79 Å². The zero-order valence-electron chi connectivity index (χ0n) is 14.9. The van der Waals surface area contributed by atoms with Crippen molar-refractivity contribution in [3.05, 3.63) is 29.8 Å². The quantitative estimate of drug-likeness (QED) is 0.747. The highest BCUT2D eigenvalue weighted by atomic mass is 16.3. The van der Waals surface area contributed by atoms with Gasteiger partial charge in [-0.1, -0.05) is 12.1 Å². The lowest BCUT2D eigenvalue weighted by Gasteiger charge is -2.34. The molecule has 1 aromatic carbocycles. The van der Waals surface area contributed by atoms with Gasteiger partial charge in [0.1, 0.15) is 5.75 Å². The molecule has 0 aliphatic carbocycles. The molecule has 0 aromatic heterocycles. The summed E-state index contributed by atoms with van der Waals surface area (Å²) in [6.45, 7) is 8.33. The number of carbonyl (C=O) groups excluding carboxylic acids is 1. The van der Waals surface area contributed by atoms with E-state index in [9.17, 15) is 15.0 Å². The topological polar surface area (TPSA) is 72.8 Å². The third kappa shape index (κ3) is 5.21. The molecule has 134 valence electrons. The molecule has 0 bridgehead atoms. The van der Waals surface area contributed by atoms with Crippen LogP contribution in [0, 0.1) is 5.92 Å². The molecule has 1 saturated heterocycles. The number of phenolic OH excluding ortho intramolecular Hbond substituents is 1. The van der Waals surface area contributed by atoms with Gasteiger partial charge in [-0.15, -0.1) is 0 Å². The Hall–Kier alpha value is -1.59. The first kappa shape index (κ1) is 18.7. The van der Waals surface area contributed by atoms with E-state index in [0.717, 1.165) is 25.9 Å². The minimum atomic E-state index is -0.780. The van der Waals surface area contributed by atoms with Crippen molar-refractivity contribution in [1.82, 2.24) is 10.2 Å². The van der Waals surface area contributed by atoms with E-state index in [0.29, 0.717) is 23.9 Å². The molecule has 24 heavy (non-hydrogen) atoms. The summed E-state index contributed by atoms with van der Waals surface area (Å²) in [4.78, 5) is 14.7. The predicted octanol–water partition coefficient (Wildman–Crippen LogP) is 2.44. The van der Waals surface area contributed by atoms with E-state index in [2.05, 4.69) is 24.1 Å². The van der Waals surface area contributed by atoms with Crippen LogP contribution >= 0.6 is 0 Å². The summed E-state index contributed by atoms with van der Waals surface area (Å²) in [6.07, 6.45) is 1.86. The number of benzene rings is 1. The Morgan fingerprint density at radius 3 is 2.33 bits per heavy atom. The second-order valence-corrected chi connectivity index (χ2v) is 7.17. The number of hydrogen-bond acceptors (Lipinski definition) is 4. The Kier molecular flexibility index (Phi) is 6.63. The lowest BCUT2D eigenvalue weighted by atomic mass is 9.92. The molecule has 1 aliphatic heterocycles. The van der Waals surface area contributed by atoms with Gasteiger partial charge in [-0.05, 0) is 70.3 Å². The number of phenols is 1. The molecule has 0 radical (unpaired) electrons. The highest BCUT2D eigenvalue weighted by molar-refractivity contribution is 5.76. The summed E-state index contributed by atoms with van der Waals surface area (Å²) in [7, 11) is 0. The zero-order chi connectivity index (χ0) is 17.7. The van der Waals surface area contributed by atoms with Crippen molar-refractivity contribution in [1.29, 1.82) is 0 Å². The summed E-state index contributed by atoms with van der Waals surface area (Å²) >= 11 is 0. The van der Waals surface area contributed by atoms with Crippen LogP contribution < -0.4 is 5.32 Å². The van der Waals surface area contributed by atoms with Gasteiger partial charge in [0.05, 0.1) is 12.1 Å². The molecule has 0 unspecified atom stereocenters. The minimum absolute atomic E-state index is 0.00308.